The zero-order chi connectivity index (χ0) is 17.0. The average Bonchev–Trinajstić information content (AvgIpc) is 2.92. The number of nitrogens with one attached hydrogen (secondary N) is 1. The van der Waals surface area contributed by atoms with Crippen molar-refractivity contribution in [1.29, 1.82) is 0 Å². The average molecular weight is 331 g/mol. The van der Waals surface area contributed by atoms with Crippen molar-refractivity contribution < 1.29 is 9.53 Å². The fourth-order valence-corrected chi connectivity index (χ4v) is 3.98. The van der Waals surface area contributed by atoms with Crippen LogP contribution in [0, 0.1) is 17.3 Å². The third-order valence-electron chi connectivity index (χ3n) is 5.46. The van der Waals surface area contributed by atoms with Crippen LogP contribution in [0.3, 0.4) is 0 Å². The van der Waals surface area contributed by atoms with Gasteiger partial charge in [0.05, 0.1) is 5.92 Å². The van der Waals surface area contributed by atoms with Gasteiger partial charge in [-0.3, -0.25) is 4.79 Å². The molecular weight excluding hydrogens is 302 g/mol. The van der Waals surface area contributed by atoms with Gasteiger partial charge >= 0.3 is 0 Å². The molecule has 0 aliphatic carbocycles. The summed E-state index contributed by atoms with van der Waals surface area (Å²) in [6.45, 7) is 9.00. The molecule has 1 amide bonds. The van der Waals surface area contributed by atoms with Gasteiger partial charge in [-0.25, -0.2) is 4.98 Å². The van der Waals surface area contributed by atoms with Gasteiger partial charge in [-0.2, -0.15) is 0 Å². The molecule has 2 aliphatic heterocycles. The second kappa shape index (κ2) is 7.62. The van der Waals surface area contributed by atoms with Crippen LogP contribution < -0.4 is 5.32 Å². The summed E-state index contributed by atoms with van der Waals surface area (Å²) in [4.78, 5) is 19.7. The molecule has 0 saturated carbocycles. The van der Waals surface area contributed by atoms with Crippen LogP contribution in [-0.2, 0) is 9.53 Å². The van der Waals surface area contributed by atoms with Crippen LogP contribution in [0.5, 0.6) is 0 Å². The van der Waals surface area contributed by atoms with E-state index in [1.807, 2.05) is 18.2 Å². The van der Waals surface area contributed by atoms with E-state index in [-0.39, 0.29) is 17.2 Å². The summed E-state index contributed by atoms with van der Waals surface area (Å²) in [5, 5.41) is 3.02. The number of hydrogen-bond donors (Lipinski definition) is 1. The third-order valence-corrected chi connectivity index (χ3v) is 5.46. The Labute approximate surface area is 144 Å². The van der Waals surface area contributed by atoms with Crippen molar-refractivity contribution in [1.82, 2.24) is 9.88 Å². The van der Waals surface area contributed by atoms with E-state index in [9.17, 15) is 4.79 Å². The van der Waals surface area contributed by atoms with Crippen molar-refractivity contribution in [2.45, 2.75) is 33.1 Å². The van der Waals surface area contributed by atoms with Gasteiger partial charge in [0.15, 0.2) is 0 Å². The van der Waals surface area contributed by atoms with Crippen LogP contribution in [0.25, 0.3) is 0 Å². The largest absolute Gasteiger partial charge is 0.381 e. The summed E-state index contributed by atoms with van der Waals surface area (Å²) in [5.41, 5.74) is 0.0636. The molecule has 0 radical (unpaired) electrons. The number of likely N-dealkylation sites (tertiary alicyclic amines) is 1. The summed E-state index contributed by atoms with van der Waals surface area (Å²) in [7, 11) is 0. The lowest BCUT2D eigenvalue weighted by Crippen LogP contribution is -2.42. The highest BCUT2D eigenvalue weighted by Gasteiger charge is 2.50. The molecule has 1 aromatic heterocycles. The molecule has 0 bridgehead atoms. The van der Waals surface area contributed by atoms with Gasteiger partial charge in [0.2, 0.25) is 5.91 Å². The second-order valence-electron chi connectivity index (χ2n) is 7.65. The molecule has 132 valence electrons. The molecule has 3 rings (SSSR count). The highest BCUT2D eigenvalue weighted by atomic mass is 16.5. The number of nitrogens with zero attached hydrogens (tertiary/aromatic N) is 2. The molecule has 5 heteroatoms. The van der Waals surface area contributed by atoms with Crippen molar-refractivity contribution in [2.75, 3.05) is 38.2 Å². The Kier molecular flexibility index (Phi) is 5.51. The fourth-order valence-electron chi connectivity index (χ4n) is 3.98. The Morgan fingerprint density at radius 2 is 2.21 bits per heavy atom. The molecule has 5 nitrogen and oxygen atoms in total. The first-order valence-electron chi connectivity index (χ1n) is 9.11. The van der Waals surface area contributed by atoms with Crippen LogP contribution in [0.1, 0.15) is 33.1 Å². The smallest absolute Gasteiger partial charge is 0.230 e. The summed E-state index contributed by atoms with van der Waals surface area (Å²) in [6, 6.07) is 5.61. The summed E-state index contributed by atoms with van der Waals surface area (Å²) in [5.74, 6) is 1.47. The fraction of sp³-hybridized carbons (Fsp3) is 0.684. The number of ether oxygens (including phenoxy) is 1. The Morgan fingerprint density at radius 1 is 1.42 bits per heavy atom. The molecule has 1 unspecified atom stereocenters. The first-order valence-corrected chi connectivity index (χ1v) is 9.11. The van der Waals surface area contributed by atoms with Crippen molar-refractivity contribution in [3.05, 3.63) is 24.4 Å². The summed E-state index contributed by atoms with van der Waals surface area (Å²) in [6.07, 6.45) is 4.85. The third kappa shape index (κ3) is 3.95. The molecular formula is C19H29N3O2. The number of hydrogen-bond acceptors (Lipinski definition) is 4. The van der Waals surface area contributed by atoms with Crippen molar-refractivity contribution in [3.63, 3.8) is 0 Å². The topological polar surface area (TPSA) is 54.5 Å². The highest BCUT2D eigenvalue weighted by molar-refractivity contribution is 5.92. The maximum absolute atomic E-state index is 13.0. The van der Waals surface area contributed by atoms with E-state index < -0.39 is 0 Å². The van der Waals surface area contributed by atoms with Crippen LogP contribution >= 0.6 is 0 Å². The Hall–Kier alpha value is -1.46. The molecule has 3 heterocycles. The lowest BCUT2D eigenvalue weighted by molar-refractivity contribution is -0.124. The summed E-state index contributed by atoms with van der Waals surface area (Å²) < 4.78 is 5.57. The number of rotatable bonds is 5. The number of anilines is 1. The van der Waals surface area contributed by atoms with Gasteiger partial charge in [0.1, 0.15) is 5.82 Å². The zero-order valence-electron chi connectivity index (χ0n) is 14.8. The highest BCUT2D eigenvalue weighted by Crippen LogP contribution is 2.44. The number of aromatic nitrogens is 1. The molecule has 2 fully saturated rings. The van der Waals surface area contributed by atoms with E-state index in [4.69, 9.17) is 4.74 Å². The molecule has 2 saturated heterocycles. The van der Waals surface area contributed by atoms with Crippen LogP contribution in [0.2, 0.25) is 0 Å². The molecule has 1 N–H and O–H groups in total. The second-order valence-corrected chi connectivity index (χ2v) is 7.65. The Morgan fingerprint density at radius 3 is 2.88 bits per heavy atom. The number of amides is 1. The molecule has 1 aromatic rings. The van der Waals surface area contributed by atoms with E-state index in [2.05, 4.69) is 29.0 Å². The van der Waals surface area contributed by atoms with Crippen LogP contribution in [0.4, 0.5) is 5.82 Å². The lowest BCUT2D eigenvalue weighted by Gasteiger charge is -2.37. The van der Waals surface area contributed by atoms with Gasteiger partial charge in [-0.1, -0.05) is 19.9 Å². The first kappa shape index (κ1) is 17.4. The first-order chi connectivity index (χ1) is 11.6. The molecule has 1 spiro atoms. The van der Waals surface area contributed by atoms with E-state index in [0.717, 1.165) is 45.7 Å². The maximum atomic E-state index is 13.0. The minimum absolute atomic E-state index is 0.0237. The predicted molar refractivity (Wildman–Crippen MR) is 94.7 cm³/mol. The van der Waals surface area contributed by atoms with Crippen LogP contribution in [-0.4, -0.2) is 48.6 Å². The van der Waals surface area contributed by atoms with Crippen molar-refractivity contribution >= 4 is 11.7 Å². The molecule has 24 heavy (non-hydrogen) atoms. The zero-order valence-corrected chi connectivity index (χ0v) is 14.8. The lowest BCUT2D eigenvalue weighted by atomic mass is 9.72. The Balaban J connectivity index is 1.71. The predicted octanol–water partition coefficient (Wildman–Crippen LogP) is 2.79. The normalized spacial score (nSPS) is 23.7. The quantitative estimate of drug-likeness (QED) is 0.901. The van der Waals surface area contributed by atoms with E-state index in [0.29, 0.717) is 11.7 Å². The van der Waals surface area contributed by atoms with Crippen molar-refractivity contribution in [3.8, 4) is 0 Å². The minimum Gasteiger partial charge on any atom is -0.381 e. The SMILES string of the molecule is CC(C)CCN1CC(C(=O)Nc2ccccn2)C2(CCOCC2)C1. The Bertz CT molecular complexity index is 541. The monoisotopic (exact) mass is 331 g/mol. The van der Waals surface area contributed by atoms with E-state index in [1.165, 1.54) is 6.42 Å². The van der Waals surface area contributed by atoms with E-state index >= 15 is 0 Å². The minimum atomic E-state index is 0.0237. The molecule has 1 atom stereocenters. The van der Waals surface area contributed by atoms with Crippen LogP contribution in [0.15, 0.2) is 24.4 Å². The van der Waals surface area contributed by atoms with Gasteiger partial charge < -0.3 is 15.0 Å². The number of carbonyl (C=O) groups excluding carboxylic acids is 1. The van der Waals surface area contributed by atoms with Gasteiger partial charge in [0, 0.05) is 37.9 Å². The van der Waals surface area contributed by atoms with E-state index in [1.54, 1.807) is 6.20 Å². The van der Waals surface area contributed by atoms with Gasteiger partial charge in [0.25, 0.3) is 0 Å². The molecule has 0 aromatic carbocycles. The molecule has 2 aliphatic rings. The summed E-state index contributed by atoms with van der Waals surface area (Å²) >= 11 is 0. The van der Waals surface area contributed by atoms with Gasteiger partial charge in [-0.05, 0) is 43.9 Å². The number of pyridine rings is 1. The van der Waals surface area contributed by atoms with Crippen molar-refractivity contribution in [2.24, 2.45) is 17.3 Å². The standard InChI is InChI=1S/C19H29N3O2/c1-15(2)6-10-22-13-16(19(14-22)7-11-24-12-8-19)18(23)21-17-5-3-4-9-20-17/h3-5,9,15-16H,6-8,10-14H2,1-2H3,(H,20,21,23). The maximum Gasteiger partial charge on any atom is 0.230 e. The van der Waals surface area contributed by atoms with Gasteiger partial charge in [-0.15, -0.1) is 0 Å². The number of carbonyl (C=O) groups is 1.